The zero-order valence-corrected chi connectivity index (χ0v) is 12.9. The molecule has 0 spiro atoms. The number of hydrogen-bond donors (Lipinski definition) is 2. The molecule has 1 aliphatic rings. The summed E-state index contributed by atoms with van der Waals surface area (Å²) in [7, 11) is 0. The fourth-order valence-electron chi connectivity index (χ4n) is 2.87. The van der Waals surface area contributed by atoms with E-state index in [1.54, 1.807) is 18.2 Å². The van der Waals surface area contributed by atoms with Gasteiger partial charge in [0.2, 0.25) is 0 Å². The zero-order chi connectivity index (χ0) is 15.1. The molecule has 1 amide bonds. The van der Waals surface area contributed by atoms with Crippen molar-refractivity contribution in [3.8, 4) is 5.75 Å². The van der Waals surface area contributed by atoms with Crippen LogP contribution in [0.3, 0.4) is 0 Å². The Morgan fingerprint density at radius 2 is 1.86 bits per heavy atom. The molecule has 0 radical (unpaired) electrons. The number of rotatable bonds is 4. The SMILES string of the molecule is CCOc1cc(N)cc(C(=O)NC2CCCCCCC2)c1. The molecule has 0 aromatic heterocycles. The third kappa shape index (κ3) is 4.96. The normalized spacial score (nSPS) is 16.8. The number of benzene rings is 1. The van der Waals surface area contributed by atoms with E-state index in [1.165, 1.54) is 32.1 Å². The smallest absolute Gasteiger partial charge is 0.251 e. The van der Waals surface area contributed by atoms with Gasteiger partial charge in [-0.2, -0.15) is 0 Å². The quantitative estimate of drug-likeness (QED) is 0.834. The molecule has 0 heterocycles. The van der Waals surface area contributed by atoms with Crippen LogP contribution in [0.5, 0.6) is 5.75 Å². The maximum Gasteiger partial charge on any atom is 0.251 e. The Labute approximate surface area is 127 Å². The van der Waals surface area contributed by atoms with Gasteiger partial charge in [-0.15, -0.1) is 0 Å². The lowest BCUT2D eigenvalue weighted by molar-refractivity contribution is 0.0930. The predicted molar refractivity (Wildman–Crippen MR) is 85.6 cm³/mol. The monoisotopic (exact) mass is 290 g/mol. The summed E-state index contributed by atoms with van der Waals surface area (Å²) < 4.78 is 5.44. The van der Waals surface area contributed by atoms with Crippen LogP contribution in [0.2, 0.25) is 0 Å². The highest BCUT2D eigenvalue weighted by atomic mass is 16.5. The van der Waals surface area contributed by atoms with Gasteiger partial charge >= 0.3 is 0 Å². The average Bonchev–Trinajstić information content (AvgIpc) is 2.41. The number of ether oxygens (including phenoxy) is 1. The van der Waals surface area contributed by atoms with Gasteiger partial charge in [-0.1, -0.05) is 32.1 Å². The minimum Gasteiger partial charge on any atom is -0.494 e. The van der Waals surface area contributed by atoms with Crippen molar-refractivity contribution in [3.05, 3.63) is 23.8 Å². The minimum absolute atomic E-state index is 0.0474. The number of carbonyl (C=O) groups excluding carboxylic acids is 1. The van der Waals surface area contributed by atoms with Crippen molar-refractivity contribution in [1.29, 1.82) is 0 Å². The Bertz CT molecular complexity index is 466. The standard InChI is InChI=1S/C17H26N2O2/c1-2-21-16-11-13(10-14(18)12-16)17(20)19-15-8-6-4-3-5-7-9-15/h10-12,15H,2-9,18H2,1H3,(H,19,20). The molecule has 0 unspecified atom stereocenters. The van der Waals surface area contributed by atoms with Gasteiger partial charge in [0, 0.05) is 23.4 Å². The van der Waals surface area contributed by atoms with Crippen LogP contribution in [0.4, 0.5) is 5.69 Å². The van der Waals surface area contributed by atoms with Crippen molar-refractivity contribution in [2.45, 2.75) is 57.9 Å². The lowest BCUT2D eigenvalue weighted by atomic mass is 9.96. The highest BCUT2D eigenvalue weighted by Gasteiger charge is 2.16. The van der Waals surface area contributed by atoms with Crippen LogP contribution in [0.25, 0.3) is 0 Å². The molecule has 4 heteroatoms. The predicted octanol–water partition coefficient (Wildman–Crippen LogP) is 3.51. The molecule has 116 valence electrons. The molecule has 21 heavy (non-hydrogen) atoms. The molecule has 1 fully saturated rings. The van der Waals surface area contributed by atoms with Gasteiger partial charge < -0.3 is 15.8 Å². The first-order valence-corrected chi connectivity index (χ1v) is 8.03. The Hall–Kier alpha value is -1.71. The Balaban J connectivity index is 2.01. The number of nitrogen functional groups attached to an aromatic ring is 1. The van der Waals surface area contributed by atoms with Gasteiger partial charge in [-0.25, -0.2) is 0 Å². The van der Waals surface area contributed by atoms with E-state index in [1.807, 2.05) is 6.92 Å². The lowest BCUT2D eigenvalue weighted by Crippen LogP contribution is -2.35. The summed E-state index contributed by atoms with van der Waals surface area (Å²) in [6, 6.07) is 5.50. The second-order valence-corrected chi connectivity index (χ2v) is 5.74. The Morgan fingerprint density at radius 1 is 1.19 bits per heavy atom. The summed E-state index contributed by atoms with van der Waals surface area (Å²) in [6.07, 6.45) is 8.43. The highest BCUT2D eigenvalue weighted by molar-refractivity contribution is 5.95. The summed E-state index contributed by atoms with van der Waals surface area (Å²) in [4.78, 5) is 12.4. The molecule has 2 rings (SSSR count). The zero-order valence-electron chi connectivity index (χ0n) is 12.9. The minimum atomic E-state index is -0.0474. The number of hydrogen-bond acceptors (Lipinski definition) is 3. The van der Waals surface area contributed by atoms with Crippen molar-refractivity contribution in [1.82, 2.24) is 5.32 Å². The molecule has 0 aliphatic heterocycles. The van der Waals surface area contributed by atoms with Crippen molar-refractivity contribution < 1.29 is 9.53 Å². The van der Waals surface area contributed by atoms with E-state index in [-0.39, 0.29) is 11.9 Å². The topological polar surface area (TPSA) is 64.3 Å². The maximum absolute atomic E-state index is 12.4. The number of anilines is 1. The summed E-state index contributed by atoms with van der Waals surface area (Å²) >= 11 is 0. The van der Waals surface area contributed by atoms with Crippen LogP contribution in [-0.2, 0) is 0 Å². The van der Waals surface area contributed by atoms with Gasteiger partial charge in [-0.05, 0) is 31.9 Å². The summed E-state index contributed by atoms with van der Waals surface area (Å²) in [5.41, 5.74) is 6.99. The first kappa shape index (κ1) is 15.7. The second kappa shape index (κ2) is 7.91. The summed E-state index contributed by atoms with van der Waals surface area (Å²) in [6.45, 7) is 2.48. The van der Waals surface area contributed by atoms with Crippen molar-refractivity contribution in [2.24, 2.45) is 0 Å². The maximum atomic E-state index is 12.4. The Morgan fingerprint density at radius 3 is 2.52 bits per heavy atom. The third-order valence-corrected chi connectivity index (χ3v) is 3.94. The summed E-state index contributed by atoms with van der Waals surface area (Å²) in [5.74, 6) is 0.606. The van der Waals surface area contributed by atoms with E-state index in [0.717, 1.165) is 12.8 Å². The average molecular weight is 290 g/mol. The van der Waals surface area contributed by atoms with Crippen LogP contribution in [0, 0.1) is 0 Å². The first-order chi connectivity index (χ1) is 10.2. The van der Waals surface area contributed by atoms with Gasteiger partial charge in [0.15, 0.2) is 0 Å². The van der Waals surface area contributed by atoms with Gasteiger partial charge in [-0.3, -0.25) is 4.79 Å². The van der Waals surface area contributed by atoms with Crippen LogP contribution in [0.15, 0.2) is 18.2 Å². The van der Waals surface area contributed by atoms with Crippen LogP contribution in [0.1, 0.15) is 62.2 Å². The van der Waals surface area contributed by atoms with E-state index in [9.17, 15) is 4.79 Å². The largest absolute Gasteiger partial charge is 0.494 e. The molecular weight excluding hydrogens is 264 g/mol. The van der Waals surface area contributed by atoms with E-state index in [0.29, 0.717) is 23.6 Å². The number of carbonyl (C=O) groups is 1. The molecule has 1 aliphatic carbocycles. The van der Waals surface area contributed by atoms with Crippen molar-refractivity contribution in [2.75, 3.05) is 12.3 Å². The van der Waals surface area contributed by atoms with Gasteiger partial charge in [0.25, 0.3) is 5.91 Å². The van der Waals surface area contributed by atoms with Crippen LogP contribution >= 0.6 is 0 Å². The van der Waals surface area contributed by atoms with E-state index < -0.39 is 0 Å². The molecule has 0 atom stereocenters. The highest BCUT2D eigenvalue weighted by Crippen LogP contribution is 2.21. The first-order valence-electron chi connectivity index (χ1n) is 8.03. The molecular formula is C17H26N2O2. The number of amides is 1. The fraction of sp³-hybridized carbons (Fsp3) is 0.588. The van der Waals surface area contributed by atoms with Gasteiger partial charge in [0.1, 0.15) is 5.75 Å². The number of nitrogens with one attached hydrogen (secondary N) is 1. The Kier molecular flexibility index (Phi) is 5.90. The summed E-state index contributed by atoms with van der Waals surface area (Å²) in [5, 5.41) is 3.15. The molecule has 0 bridgehead atoms. The van der Waals surface area contributed by atoms with E-state index in [4.69, 9.17) is 10.5 Å². The van der Waals surface area contributed by atoms with E-state index in [2.05, 4.69) is 5.32 Å². The molecule has 1 saturated carbocycles. The molecule has 1 aromatic rings. The third-order valence-electron chi connectivity index (χ3n) is 3.94. The molecule has 1 aromatic carbocycles. The molecule has 0 saturated heterocycles. The van der Waals surface area contributed by atoms with Crippen LogP contribution in [-0.4, -0.2) is 18.6 Å². The van der Waals surface area contributed by atoms with E-state index >= 15 is 0 Å². The van der Waals surface area contributed by atoms with Crippen LogP contribution < -0.4 is 15.8 Å². The second-order valence-electron chi connectivity index (χ2n) is 5.74. The van der Waals surface area contributed by atoms with Crippen molar-refractivity contribution in [3.63, 3.8) is 0 Å². The fourth-order valence-corrected chi connectivity index (χ4v) is 2.87. The van der Waals surface area contributed by atoms with Crippen molar-refractivity contribution >= 4 is 11.6 Å². The van der Waals surface area contributed by atoms with Gasteiger partial charge in [0.05, 0.1) is 6.61 Å². The number of nitrogens with two attached hydrogens (primary N) is 1. The molecule has 3 N–H and O–H groups in total. The molecule has 4 nitrogen and oxygen atoms in total. The lowest BCUT2D eigenvalue weighted by Gasteiger charge is -2.21.